The van der Waals surface area contributed by atoms with E-state index >= 15 is 0 Å². The summed E-state index contributed by atoms with van der Waals surface area (Å²) in [5, 5.41) is 5.92. The highest BCUT2D eigenvalue weighted by atomic mass is 35.5. The van der Waals surface area contributed by atoms with Crippen molar-refractivity contribution in [2.24, 2.45) is 5.73 Å². The zero-order chi connectivity index (χ0) is 25.8. The minimum absolute atomic E-state index is 0.119. The highest BCUT2D eigenvalue weighted by Crippen LogP contribution is 2.32. The molecule has 1 unspecified atom stereocenters. The van der Waals surface area contributed by atoms with E-state index in [4.69, 9.17) is 31.5 Å². The van der Waals surface area contributed by atoms with E-state index in [1.807, 2.05) is 42.5 Å². The molecule has 4 N–H and O–H groups in total. The number of carbonyl (C=O) groups is 2. The molecule has 36 heavy (non-hydrogen) atoms. The minimum atomic E-state index is -0.753. The van der Waals surface area contributed by atoms with Crippen LogP contribution in [0.1, 0.15) is 24.0 Å². The molecule has 0 aliphatic carbocycles. The average Bonchev–Trinajstić information content (AvgIpc) is 2.91. The Kier molecular flexibility index (Phi) is 10.4. The van der Waals surface area contributed by atoms with Gasteiger partial charge in [0.05, 0.1) is 12.1 Å². The van der Waals surface area contributed by atoms with Gasteiger partial charge in [0, 0.05) is 12.6 Å². The number of amides is 2. The summed E-state index contributed by atoms with van der Waals surface area (Å²) in [5.41, 5.74) is 7.32. The molecule has 2 amide bonds. The monoisotopic (exact) mass is 511 g/mol. The van der Waals surface area contributed by atoms with Crippen LogP contribution in [0.4, 0.5) is 4.79 Å². The fourth-order valence-corrected chi connectivity index (χ4v) is 3.51. The van der Waals surface area contributed by atoms with Crippen LogP contribution in [-0.2, 0) is 22.7 Å². The summed E-state index contributed by atoms with van der Waals surface area (Å²) < 4.78 is 16.2. The third-order valence-electron chi connectivity index (χ3n) is 5.28. The van der Waals surface area contributed by atoms with Crippen LogP contribution in [0.15, 0.2) is 72.8 Å². The molecule has 0 radical (unpaired) electrons. The first kappa shape index (κ1) is 26.8. The molecule has 0 bridgehead atoms. The van der Waals surface area contributed by atoms with Crippen LogP contribution >= 0.6 is 11.6 Å². The van der Waals surface area contributed by atoms with Gasteiger partial charge in [-0.3, -0.25) is 4.79 Å². The fraction of sp³-hybridized carbons (Fsp3) is 0.259. The van der Waals surface area contributed by atoms with Crippen LogP contribution in [0, 0.1) is 0 Å². The number of rotatable bonds is 12. The lowest BCUT2D eigenvalue weighted by molar-refractivity contribution is -0.123. The van der Waals surface area contributed by atoms with E-state index < -0.39 is 12.1 Å². The number of methoxy groups -OCH3 is 1. The number of hydrogen-bond acceptors (Lipinski definition) is 6. The van der Waals surface area contributed by atoms with Crippen LogP contribution in [0.25, 0.3) is 0 Å². The van der Waals surface area contributed by atoms with Crippen molar-refractivity contribution in [2.75, 3.05) is 13.7 Å². The van der Waals surface area contributed by atoms with Crippen LogP contribution < -0.4 is 25.8 Å². The van der Waals surface area contributed by atoms with Crippen molar-refractivity contribution < 1.29 is 23.8 Å². The Morgan fingerprint density at radius 1 is 0.972 bits per heavy atom. The Morgan fingerprint density at radius 3 is 2.36 bits per heavy atom. The van der Waals surface area contributed by atoms with Crippen LogP contribution in [-0.4, -0.2) is 31.7 Å². The molecular weight excluding hydrogens is 482 g/mol. The Bertz CT molecular complexity index is 1130. The zero-order valence-corrected chi connectivity index (χ0v) is 20.8. The van der Waals surface area contributed by atoms with Crippen LogP contribution in [0.2, 0.25) is 5.02 Å². The van der Waals surface area contributed by atoms with E-state index in [1.54, 1.807) is 37.4 Å². The molecule has 8 nitrogen and oxygen atoms in total. The lowest BCUT2D eigenvalue weighted by Crippen LogP contribution is -2.46. The van der Waals surface area contributed by atoms with Gasteiger partial charge >= 0.3 is 6.09 Å². The number of benzene rings is 3. The van der Waals surface area contributed by atoms with Gasteiger partial charge in [-0.1, -0.05) is 54.1 Å². The van der Waals surface area contributed by atoms with Gasteiger partial charge in [-0.05, 0) is 54.8 Å². The molecule has 3 aromatic rings. The first-order chi connectivity index (χ1) is 17.5. The largest absolute Gasteiger partial charge is 0.497 e. The number of halogens is 1. The number of alkyl carbamates (subject to hydrolysis) is 1. The quantitative estimate of drug-likeness (QED) is 0.322. The number of nitrogens with one attached hydrogen (secondary N) is 2. The van der Waals surface area contributed by atoms with E-state index in [2.05, 4.69) is 10.6 Å². The van der Waals surface area contributed by atoms with Crippen molar-refractivity contribution in [3.63, 3.8) is 0 Å². The van der Waals surface area contributed by atoms with Gasteiger partial charge in [-0.25, -0.2) is 4.79 Å². The lowest BCUT2D eigenvalue weighted by atomic mass is 10.1. The van der Waals surface area contributed by atoms with Crippen molar-refractivity contribution in [1.29, 1.82) is 0 Å². The summed E-state index contributed by atoms with van der Waals surface area (Å²) in [6.07, 6.45) is 0.324. The van der Waals surface area contributed by atoms with Crippen molar-refractivity contribution in [3.05, 3.63) is 88.9 Å². The number of ether oxygens (including phenoxy) is 3. The smallest absolute Gasteiger partial charge is 0.408 e. The molecule has 0 fully saturated rings. The molecule has 9 heteroatoms. The summed E-state index contributed by atoms with van der Waals surface area (Å²) >= 11 is 6.23. The highest BCUT2D eigenvalue weighted by molar-refractivity contribution is 6.32. The Morgan fingerprint density at radius 2 is 1.69 bits per heavy atom. The predicted octanol–water partition coefficient (Wildman–Crippen LogP) is 4.79. The molecular formula is C27H30ClN3O5. The van der Waals surface area contributed by atoms with Gasteiger partial charge < -0.3 is 30.6 Å². The summed E-state index contributed by atoms with van der Waals surface area (Å²) in [5.74, 6) is 1.43. The van der Waals surface area contributed by atoms with E-state index in [0.29, 0.717) is 41.7 Å². The normalized spacial score (nSPS) is 11.3. The predicted molar refractivity (Wildman–Crippen MR) is 138 cm³/mol. The standard InChI is InChI=1S/C27H30ClN3O5/c1-34-22-13-14-25(23(28)16-22)36-21-11-9-19(10-12-21)17-30-26(32)24(8-5-15-29)31-27(33)35-18-20-6-3-2-4-7-20/h2-4,6-7,9-14,16,24H,5,8,15,17-18,29H2,1H3,(H,30,32)(H,31,33). The lowest BCUT2D eigenvalue weighted by Gasteiger charge is -2.18. The second-order valence-electron chi connectivity index (χ2n) is 7.95. The third-order valence-corrected chi connectivity index (χ3v) is 5.57. The molecule has 0 saturated carbocycles. The van der Waals surface area contributed by atoms with Crippen molar-refractivity contribution in [2.45, 2.75) is 32.0 Å². The molecule has 0 spiro atoms. The van der Waals surface area contributed by atoms with E-state index in [9.17, 15) is 9.59 Å². The molecule has 0 aliphatic rings. The summed E-state index contributed by atoms with van der Waals surface area (Å²) in [6.45, 7) is 0.806. The van der Waals surface area contributed by atoms with E-state index in [0.717, 1.165) is 11.1 Å². The summed E-state index contributed by atoms with van der Waals surface area (Å²) in [4.78, 5) is 25.0. The highest BCUT2D eigenvalue weighted by Gasteiger charge is 2.21. The number of hydrogen-bond donors (Lipinski definition) is 3. The summed E-state index contributed by atoms with van der Waals surface area (Å²) in [7, 11) is 1.57. The number of nitrogens with two attached hydrogens (primary N) is 1. The van der Waals surface area contributed by atoms with Gasteiger partial charge in [-0.2, -0.15) is 0 Å². The third kappa shape index (κ3) is 8.48. The molecule has 0 aliphatic heterocycles. The Labute approximate surface area is 215 Å². The van der Waals surface area contributed by atoms with Gasteiger partial charge in [0.2, 0.25) is 5.91 Å². The first-order valence-electron chi connectivity index (χ1n) is 11.5. The first-order valence-corrected chi connectivity index (χ1v) is 11.9. The topological polar surface area (TPSA) is 112 Å². The average molecular weight is 512 g/mol. The Hall–Kier alpha value is -3.75. The van der Waals surface area contributed by atoms with Crippen LogP contribution in [0.3, 0.4) is 0 Å². The second-order valence-corrected chi connectivity index (χ2v) is 8.36. The van der Waals surface area contributed by atoms with E-state index in [-0.39, 0.29) is 19.1 Å². The fourth-order valence-electron chi connectivity index (χ4n) is 3.30. The van der Waals surface area contributed by atoms with Gasteiger partial charge in [0.25, 0.3) is 0 Å². The minimum Gasteiger partial charge on any atom is -0.497 e. The maximum Gasteiger partial charge on any atom is 0.408 e. The van der Waals surface area contributed by atoms with Gasteiger partial charge in [0.15, 0.2) is 0 Å². The van der Waals surface area contributed by atoms with Crippen molar-refractivity contribution in [3.8, 4) is 17.2 Å². The van der Waals surface area contributed by atoms with Crippen LogP contribution in [0.5, 0.6) is 17.2 Å². The van der Waals surface area contributed by atoms with Gasteiger partial charge in [0.1, 0.15) is 29.9 Å². The Balaban J connectivity index is 1.51. The molecule has 0 saturated heterocycles. The van der Waals surface area contributed by atoms with Crippen molar-refractivity contribution in [1.82, 2.24) is 10.6 Å². The molecule has 0 heterocycles. The summed E-state index contributed by atoms with van der Waals surface area (Å²) in [6, 6.07) is 21.0. The van der Waals surface area contributed by atoms with E-state index in [1.165, 1.54) is 0 Å². The molecule has 190 valence electrons. The van der Waals surface area contributed by atoms with Crippen molar-refractivity contribution >= 4 is 23.6 Å². The van der Waals surface area contributed by atoms with Gasteiger partial charge in [-0.15, -0.1) is 0 Å². The molecule has 0 aromatic heterocycles. The maximum absolute atomic E-state index is 12.8. The second kappa shape index (κ2) is 14.0. The maximum atomic E-state index is 12.8. The zero-order valence-electron chi connectivity index (χ0n) is 20.0. The molecule has 3 aromatic carbocycles. The SMILES string of the molecule is COc1ccc(Oc2ccc(CNC(=O)C(CCCN)NC(=O)OCc3ccccc3)cc2)c(Cl)c1. The molecule has 3 rings (SSSR count). The number of carbonyl (C=O) groups excluding carboxylic acids is 2. The molecule has 1 atom stereocenters.